The smallest absolute Gasteiger partial charge is 0.315 e. The fourth-order valence-electron chi connectivity index (χ4n) is 2.14. The maximum absolute atomic E-state index is 13.3. The van der Waals surface area contributed by atoms with E-state index in [1.807, 2.05) is 13.8 Å². The van der Waals surface area contributed by atoms with Crippen molar-refractivity contribution in [2.75, 3.05) is 6.54 Å². The minimum absolute atomic E-state index is 0.0316. The van der Waals surface area contributed by atoms with E-state index in [-0.39, 0.29) is 12.5 Å². The molecule has 2 unspecified atom stereocenters. The van der Waals surface area contributed by atoms with Gasteiger partial charge in [-0.05, 0) is 30.0 Å². The molecule has 0 aliphatic heterocycles. The molecule has 2 atom stereocenters. The number of carboxylic acids is 1. The average Bonchev–Trinajstić information content (AvgIpc) is 2.35. The van der Waals surface area contributed by atoms with Crippen molar-refractivity contribution in [2.45, 2.75) is 32.1 Å². The summed E-state index contributed by atoms with van der Waals surface area (Å²) in [5.41, 5.74) is 4.94. The van der Waals surface area contributed by atoms with Crippen molar-refractivity contribution in [3.63, 3.8) is 0 Å². The van der Waals surface area contributed by atoms with E-state index in [1.165, 1.54) is 18.2 Å². The Labute approximate surface area is 107 Å². The highest BCUT2D eigenvalue weighted by atomic mass is 19.1. The lowest BCUT2D eigenvalue weighted by atomic mass is 9.73. The van der Waals surface area contributed by atoms with E-state index < -0.39 is 17.2 Å². The van der Waals surface area contributed by atoms with Crippen molar-refractivity contribution in [3.05, 3.63) is 35.6 Å². The van der Waals surface area contributed by atoms with Gasteiger partial charge in [0.05, 0.1) is 0 Å². The second-order valence-corrected chi connectivity index (χ2v) is 4.82. The summed E-state index contributed by atoms with van der Waals surface area (Å²) >= 11 is 0. The monoisotopic (exact) mass is 253 g/mol. The fourth-order valence-corrected chi connectivity index (χ4v) is 2.14. The van der Waals surface area contributed by atoms with Crippen LogP contribution in [0.2, 0.25) is 0 Å². The zero-order valence-corrected chi connectivity index (χ0v) is 10.8. The highest BCUT2D eigenvalue weighted by Crippen LogP contribution is 2.32. The van der Waals surface area contributed by atoms with Crippen LogP contribution in [0.15, 0.2) is 24.3 Å². The van der Waals surface area contributed by atoms with Gasteiger partial charge in [0.2, 0.25) is 0 Å². The number of nitrogens with two attached hydrogens (primary N) is 1. The van der Waals surface area contributed by atoms with Crippen LogP contribution in [-0.2, 0) is 10.2 Å². The molecular formula is C14H20FNO2. The summed E-state index contributed by atoms with van der Waals surface area (Å²) in [5, 5.41) is 9.51. The third-order valence-electron chi connectivity index (χ3n) is 3.53. The number of carboxylic acid groups (broad SMARTS) is 1. The van der Waals surface area contributed by atoms with Crippen LogP contribution in [-0.4, -0.2) is 17.6 Å². The highest BCUT2D eigenvalue weighted by molar-refractivity contribution is 5.81. The van der Waals surface area contributed by atoms with E-state index in [0.717, 1.165) is 6.42 Å². The first-order chi connectivity index (χ1) is 8.46. The van der Waals surface area contributed by atoms with Gasteiger partial charge in [0, 0.05) is 6.54 Å². The number of halogens is 1. The molecule has 0 spiro atoms. The summed E-state index contributed by atoms with van der Waals surface area (Å²) < 4.78 is 13.3. The van der Waals surface area contributed by atoms with E-state index >= 15 is 0 Å². The molecule has 0 aromatic heterocycles. The number of hydrogen-bond acceptors (Lipinski definition) is 2. The third kappa shape index (κ3) is 2.88. The van der Waals surface area contributed by atoms with E-state index in [2.05, 4.69) is 0 Å². The van der Waals surface area contributed by atoms with Crippen molar-refractivity contribution in [3.8, 4) is 0 Å². The SMILES string of the molecule is CCC(C)CC(CN)(C(=O)O)c1cccc(F)c1. The van der Waals surface area contributed by atoms with Gasteiger partial charge < -0.3 is 10.8 Å². The quantitative estimate of drug-likeness (QED) is 0.819. The van der Waals surface area contributed by atoms with Crippen LogP contribution < -0.4 is 5.73 Å². The molecule has 3 N–H and O–H groups in total. The molecule has 0 saturated heterocycles. The van der Waals surface area contributed by atoms with Crippen molar-refractivity contribution >= 4 is 5.97 Å². The largest absolute Gasteiger partial charge is 0.481 e. The summed E-state index contributed by atoms with van der Waals surface area (Å²) in [4.78, 5) is 11.6. The second kappa shape index (κ2) is 5.96. The second-order valence-electron chi connectivity index (χ2n) is 4.82. The predicted octanol–water partition coefficient (Wildman–Crippen LogP) is 2.54. The molecule has 0 amide bonds. The first kappa shape index (κ1) is 14.6. The van der Waals surface area contributed by atoms with Gasteiger partial charge >= 0.3 is 5.97 Å². The van der Waals surface area contributed by atoms with Crippen LogP contribution in [0.3, 0.4) is 0 Å². The van der Waals surface area contributed by atoms with Crippen LogP contribution in [0.4, 0.5) is 4.39 Å². The van der Waals surface area contributed by atoms with Gasteiger partial charge in [-0.2, -0.15) is 0 Å². The standard InChI is InChI=1S/C14H20FNO2/c1-3-10(2)8-14(9-16,13(17)18)11-5-4-6-12(15)7-11/h4-7,10H,3,8-9,16H2,1-2H3,(H,17,18). The summed E-state index contributed by atoms with van der Waals surface area (Å²) in [7, 11) is 0. The number of rotatable bonds is 6. The normalized spacial score (nSPS) is 16.0. The van der Waals surface area contributed by atoms with Gasteiger partial charge in [-0.3, -0.25) is 4.79 Å². The fraction of sp³-hybridized carbons (Fsp3) is 0.500. The average molecular weight is 253 g/mol. The molecule has 18 heavy (non-hydrogen) atoms. The highest BCUT2D eigenvalue weighted by Gasteiger charge is 2.40. The Morgan fingerprint density at radius 1 is 1.56 bits per heavy atom. The van der Waals surface area contributed by atoms with E-state index in [0.29, 0.717) is 12.0 Å². The molecule has 1 rings (SSSR count). The lowest BCUT2D eigenvalue weighted by molar-refractivity contribution is -0.144. The minimum atomic E-state index is -1.20. The lowest BCUT2D eigenvalue weighted by Gasteiger charge is -2.31. The Morgan fingerprint density at radius 2 is 2.22 bits per heavy atom. The molecule has 0 aliphatic rings. The number of aliphatic carboxylic acids is 1. The van der Waals surface area contributed by atoms with E-state index in [1.54, 1.807) is 6.07 Å². The van der Waals surface area contributed by atoms with Crippen molar-refractivity contribution in [2.24, 2.45) is 11.7 Å². The van der Waals surface area contributed by atoms with Crippen LogP contribution in [0.25, 0.3) is 0 Å². The molecule has 100 valence electrons. The van der Waals surface area contributed by atoms with Gasteiger partial charge in [-0.25, -0.2) is 4.39 Å². The van der Waals surface area contributed by atoms with Crippen molar-refractivity contribution in [1.29, 1.82) is 0 Å². The topological polar surface area (TPSA) is 63.3 Å². The predicted molar refractivity (Wildman–Crippen MR) is 68.8 cm³/mol. The summed E-state index contributed by atoms with van der Waals surface area (Å²) in [5.74, 6) is -1.21. The molecule has 0 saturated carbocycles. The van der Waals surface area contributed by atoms with Gasteiger partial charge in [0.15, 0.2) is 0 Å². The Morgan fingerprint density at radius 3 is 2.67 bits per heavy atom. The molecule has 0 aliphatic carbocycles. The molecule has 0 radical (unpaired) electrons. The zero-order chi connectivity index (χ0) is 13.8. The van der Waals surface area contributed by atoms with Crippen LogP contribution in [0.5, 0.6) is 0 Å². The Kier molecular flexibility index (Phi) is 4.84. The minimum Gasteiger partial charge on any atom is -0.481 e. The first-order valence-electron chi connectivity index (χ1n) is 6.15. The van der Waals surface area contributed by atoms with Crippen LogP contribution >= 0.6 is 0 Å². The maximum atomic E-state index is 13.3. The van der Waals surface area contributed by atoms with Gasteiger partial charge in [-0.1, -0.05) is 32.4 Å². The first-order valence-corrected chi connectivity index (χ1v) is 6.15. The van der Waals surface area contributed by atoms with Crippen molar-refractivity contribution < 1.29 is 14.3 Å². The molecule has 0 fully saturated rings. The van der Waals surface area contributed by atoms with Crippen LogP contribution in [0.1, 0.15) is 32.3 Å². The number of carbonyl (C=O) groups is 1. The zero-order valence-electron chi connectivity index (χ0n) is 10.8. The Hall–Kier alpha value is -1.42. The van der Waals surface area contributed by atoms with E-state index in [4.69, 9.17) is 5.73 Å². The maximum Gasteiger partial charge on any atom is 0.315 e. The Balaban J connectivity index is 3.22. The molecule has 0 bridgehead atoms. The number of hydrogen-bond donors (Lipinski definition) is 2. The summed E-state index contributed by atoms with van der Waals surface area (Å²) in [6.45, 7) is 3.95. The third-order valence-corrected chi connectivity index (χ3v) is 3.53. The van der Waals surface area contributed by atoms with Gasteiger partial charge in [0.1, 0.15) is 11.2 Å². The number of benzene rings is 1. The molecular weight excluding hydrogens is 233 g/mol. The molecule has 1 aromatic carbocycles. The Bertz CT molecular complexity index is 422. The van der Waals surface area contributed by atoms with Gasteiger partial charge in [0.25, 0.3) is 0 Å². The van der Waals surface area contributed by atoms with Crippen molar-refractivity contribution in [1.82, 2.24) is 0 Å². The van der Waals surface area contributed by atoms with Gasteiger partial charge in [-0.15, -0.1) is 0 Å². The molecule has 0 heterocycles. The molecule has 3 nitrogen and oxygen atoms in total. The molecule has 4 heteroatoms. The van der Waals surface area contributed by atoms with Crippen LogP contribution in [0, 0.1) is 11.7 Å². The van der Waals surface area contributed by atoms with E-state index in [9.17, 15) is 14.3 Å². The summed E-state index contributed by atoms with van der Waals surface area (Å²) in [6, 6.07) is 5.72. The summed E-state index contributed by atoms with van der Waals surface area (Å²) in [6.07, 6.45) is 1.28. The molecule has 1 aromatic rings. The lowest BCUT2D eigenvalue weighted by Crippen LogP contribution is -2.44.